The molecule has 4 rings (SSSR count). The number of anilines is 1. The molecule has 1 N–H and O–H groups in total. The lowest BCUT2D eigenvalue weighted by atomic mass is 9.65. The van der Waals surface area contributed by atoms with Crippen molar-refractivity contribution in [3.05, 3.63) is 36.0 Å². The zero-order valence-corrected chi connectivity index (χ0v) is 19.9. The van der Waals surface area contributed by atoms with Crippen molar-refractivity contribution in [2.75, 3.05) is 11.9 Å². The molecule has 2 aliphatic heterocycles. The quantitative estimate of drug-likeness (QED) is 0.416. The van der Waals surface area contributed by atoms with Crippen LogP contribution in [0, 0.1) is 10.8 Å². The van der Waals surface area contributed by atoms with Gasteiger partial charge in [-0.15, -0.1) is 0 Å². The van der Waals surface area contributed by atoms with E-state index < -0.39 is 27.7 Å². The van der Waals surface area contributed by atoms with E-state index in [-0.39, 0.29) is 27.3 Å². The summed E-state index contributed by atoms with van der Waals surface area (Å²) in [5.74, 6) is -2.87. The molecule has 0 amide bonds. The Hall–Kier alpha value is -2.39. The van der Waals surface area contributed by atoms with E-state index in [0.717, 1.165) is 19.3 Å². The molecule has 1 aromatic rings. The van der Waals surface area contributed by atoms with Gasteiger partial charge in [-0.3, -0.25) is 0 Å². The number of hydrogen-bond donors (Lipinski definition) is 1. The fourth-order valence-corrected chi connectivity index (χ4v) is 7.26. The third-order valence-electron chi connectivity index (χ3n) is 6.33. The predicted molar refractivity (Wildman–Crippen MR) is 118 cm³/mol. The summed E-state index contributed by atoms with van der Waals surface area (Å²) in [4.78, 5) is 24.3. The van der Waals surface area contributed by atoms with E-state index in [1.54, 1.807) is 16.4 Å². The monoisotopic (exact) mass is 462 g/mol. The molecule has 3 fully saturated rings. The Balaban J connectivity index is 1.49. The van der Waals surface area contributed by atoms with Crippen LogP contribution in [-0.4, -0.2) is 43.0 Å². The highest BCUT2D eigenvalue weighted by molar-refractivity contribution is 7.89. The van der Waals surface area contributed by atoms with Gasteiger partial charge in [0.25, 0.3) is 5.79 Å². The number of benzene rings is 1. The van der Waals surface area contributed by atoms with Crippen molar-refractivity contribution in [1.82, 2.24) is 4.31 Å². The second-order valence-corrected chi connectivity index (χ2v) is 12.6. The maximum absolute atomic E-state index is 13.4. The summed E-state index contributed by atoms with van der Waals surface area (Å²) in [6.45, 7) is 10.1. The molecule has 1 aliphatic carbocycles. The molecular weight excluding hydrogens is 432 g/mol. The fourth-order valence-electron chi connectivity index (χ4n) is 5.48. The molecule has 2 atom stereocenters. The molecule has 0 radical (unpaired) electrons. The third-order valence-corrected chi connectivity index (χ3v) is 8.24. The third kappa shape index (κ3) is 4.28. The SMILES string of the molecule is CC1(C)CC2CC(C)(CN2S(=O)(=O)c2ccc(NC=C3C(=O)OC(C)(C)OC3=O)cc2)C1. The van der Waals surface area contributed by atoms with E-state index in [9.17, 15) is 18.0 Å². The molecule has 32 heavy (non-hydrogen) atoms. The molecule has 2 heterocycles. The minimum atomic E-state index is -3.62. The first-order chi connectivity index (χ1) is 14.7. The normalized spacial score (nSPS) is 29.3. The number of carbonyl (C=O) groups is 2. The minimum absolute atomic E-state index is 0.00491. The number of fused-ring (bicyclic) bond motifs is 2. The molecule has 9 heteroatoms. The molecule has 2 saturated heterocycles. The number of sulfonamides is 1. The lowest BCUT2D eigenvalue weighted by Crippen LogP contribution is -2.42. The summed E-state index contributed by atoms with van der Waals surface area (Å²) in [5, 5.41) is 2.83. The highest BCUT2D eigenvalue weighted by Crippen LogP contribution is 2.53. The average molecular weight is 463 g/mol. The summed E-state index contributed by atoms with van der Waals surface area (Å²) < 4.78 is 38.5. The standard InChI is InChI=1S/C23H30N2O6S/c1-21(2)10-16-11-23(5,13-21)14-25(16)32(28,29)17-8-6-15(7-9-17)24-12-18-19(26)30-22(3,4)31-20(18)27/h6-9,12,16,24H,10-11,13-14H2,1-5H3. The number of hydrogen-bond acceptors (Lipinski definition) is 7. The van der Waals surface area contributed by atoms with Crippen molar-refractivity contribution < 1.29 is 27.5 Å². The lowest BCUT2D eigenvalue weighted by Gasteiger charge is -2.39. The van der Waals surface area contributed by atoms with Gasteiger partial charge in [0.05, 0.1) is 4.90 Å². The van der Waals surface area contributed by atoms with E-state index in [1.165, 1.54) is 32.2 Å². The van der Waals surface area contributed by atoms with Crippen molar-refractivity contribution in [3.8, 4) is 0 Å². The number of cyclic esters (lactones) is 2. The summed E-state index contributed by atoms with van der Waals surface area (Å²) >= 11 is 0. The fraction of sp³-hybridized carbons (Fsp3) is 0.565. The van der Waals surface area contributed by atoms with Crippen LogP contribution in [0.25, 0.3) is 0 Å². The molecule has 3 aliphatic rings. The molecule has 8 nitrogen and oxygen atoms in total. The Labute approximate surface area is 189 Å². The molecule has 174 valence electrons. The highest BCUT2D eigenvalue weighted by atomic mass is 32.2. The Morgan fingerprint density at radius 2 is 1.59 bits per heavy atom. The van der Waals surface area contributed by atoms with E-state index in [1.807, 2.05) is 0 Å². The second-order valence-electron chi connectivity index (χ2n) is 10.7. The van der Waals surface area contributed by atoms with Crippen molar-refractivity contribution in [3.63, 3.8) is 0 Å². The molecule has 1 saturated carbocycles. The summed E-state index contributed by atoms with van der Waals surface area (Å²) in [6.07, 6.45) is 3.97. The minimum Gasteiger partial charge on any atom is -0.419 e. The Bertz CT molecular complexity index is 1070. The van der Waals surface area contributed by atoms with Crippen molar-refractivity contribution in [1.29, 1.82) is 0 Å². The van der Waals surface area contributed by atoms with Gasteiger partial charge in [-0.1, -0.05) is 20.8 Å². The topological polar surface area (TPSA) is 102 Å². The van der Waals surface area contributed by atoms with Crippen molar-refractivity contribution in [2.45, 2.75) is 70.6 Å². The highest BCUT2D eigenvalue weighted by Gasteiger charge is 2.53. The first-order valence-electron chi connectivity index (χ1n) is 10.8. The number of esters is 2. The van der Waals surface area contributed by atoms with Gasteiger partial charge in [-0.05, 0) is 54.4 Å². The van der Waals surface area contributed by atoms with Crippen LogP contribution in [0.3, 0.4) is 0 Å². The number of nitrogens with zero attached hydrogens (tertiary/aromatic N) is 1. The van der Waals surface area contributed by atoms with Crippen LogP contribution < -0.4 is 5.32 Å². The molecule has 0 aromatic heterocycles. The summed E-state index contributed by atoms with van der Waals surface area (Å²) in [6, 6.07) is 6.28. The maximum Gasteiger partial charge on any atom is 0.350 e. The second kappa shape index (κ2) is 7.31. The van der Waals surface area contributed by atoms with Crippen LogP contribution in [0.15, 0.2) is 40.9 Å². The van der Waals surface area contributed by atoms with E-state index in [2.05, 4.69) is 26.1 Å². The first-order valence-corrected chi connectivity index (χ1v) is 12.2. The molecule has 2 unspecified atom stereocenters. The van der Waals surface area contributed by atoms with Crippen LogP contribution in [0.1, 0.15) is 53.9 Å². The smallest absolute Gasteiger partial charge is 0.350 e. The van der Waals surface area contributed by atoms with Gasteiger partial charge in [-0.2, -0.15) is 4.31 Å². The Morgan fingerprint density at radius 3 is 2.19 bits per heavy atom. The Kier molecular flexibility index (Phi) is 5.21. The first kappa shape index (κ1) is 22.8. The molecule has 2 bridgehead atoms. The van der Waals surface area contributed by atoms with E-state index in [0.29, 0.717) is 12.2 Å². The van der Waals surface area contributed by atoms with Crippen LogP contribution in [0.4, 0.5) is 5.69 Å². The number of carbonyl (C=O) groups excluding carboxylic acids is 2. The van der Waals surface area contributed by atoms with Crippen LogP contribution in [-0.2, 0) is 29.1 Å². The lowest BCUT2D eigenvalue weighted by molar-refractivity contribution is -0.222. The van der Waals surface area contributed by atoms with Gasteiger partial charge in [0.1, 0.15) is 0 Å². The molecular formula is C23H30N2O6S. The van der Waals surface area contributed by atoms with Gasteiger partial charge >= 0.3 is 11.9 Å². The zero-order valence-electron chi connectivity index (χ0n) is 19.1. The molecule has 0 spiro atoms. The summed E-state index contributed by atoms with van der Waals surface area (Å²) in [5.41, 5.74) is 0.390. The summed E-state index contributed by atoms with van der Waals surface area (Å²) in [7, 11) is -3.62. The van der Waals surface area contributed by atoms with E-state index in [4.69, 9.17) is 9.47 Å². The Morgan fingerprint density at radius 1 is 1.00 bits per heavy atom. The number of ether oxygens (including phenoxy) is 2. The van der Waals surface area contributed by atoms with Crippen molar-refractivity contribution >= 4 is 27.6 Å². The average Bonchev–Trinajstić information content (AvgIpc) is 2.90. The van der Waals surface area contributed by atoms with E-state index >= 15 is 0 Å². The van der Waals surface area contributed by atoms with Gasteiger partial charge < -0.3 is 14.8 Å². The van der Waals surface area contributed by atoms with Gasteiger partial charge in [0.2, 0.25) is 10.0 Å². The number of nitrogens with one attached hydrogen (secondary N) is 1. The largest absolute Gasteiger partial charge is 0.419 e. The molecule has 1 aromatic carbocycles. The zero-order chi connectivity index (χ0) is 23.5. The van der Waals surface area contributed by atoms with Crippen molar-refractivity contribution in [2.24, 2.45) is 10.8 Å². The number of rotatable bonds is 4. The predicted octanol–water partition coefficient (Wildman–Crippen LogP) is 3.41. The van der Waals surface area contributed by atoms with Crippen LogP contribution in [0.5, 0.6) is 0 Å². The van der Waals surface area contributed by atoms with Gasteiger partial charge in [0.15, 0.2) is 5.57 Å². The maximum atomic E-state index is 13.4. The van der Waals surface area contributed by atoms with Gasteiger partial charge in [-0.25, -0.2) is 18.0 Å². The van der Waals surface area contributed by atoms with Crippen LogP contribution >= 0.6 is 0 Å². The van der Waals surface area contributed by atoms with Crippen LogP contribution in [0.2, 0.25) is 0 Å². The van der Waals surface area contributed by atoms with Gasteiger partial charge in [0, 0.05) is 38.3 Å².